The molecule has 5 nitrogen and oxygen atoms in total. The standard InChI is InChI=1S/C24H26N2O3/c1-16-7-3-6-10-22(16)25-24(28)20-13-18-8-4-5-9-19(18)21(23(20)27)15-26-11-12-29-17(2)14-26/h3-10,13,17,27H,11-12,14-15H2,1-2H3,(H,25,28)/t17-/m1/s1. The summed E-state index contributed by atoms with van der Waals surface area (Å²) in [6.45, 7) is 6.85. The van der Waals surface area contributed by atoms with E-state index in [2.05, 4.69) is 17.1 Å². The largest absolute Gasteiger partial charge is 0.507 e. The molecule has 0 spiro atoms. The van der Waals surface area contributed by atoms with Gasteiger partial charge in [0.05, 0.1) is 18.3 Å². The van der Waals surface area contributed by atoms with Gasteiger partial charge in [-0.3, -0.25) is 9.69 Å². The molecule has 1 saturated heterocycles. The summed E-state index contributed by atoms with van der Waals surface area (Å²) in [5.41, 5.74) is 2.80. The molecule has 1 atom stereocenters. The van der Waals surface area contributed by atoms with Gasteiger partial charge in [0.15, 0.2) is 0 Å². The molecule has 0 aliphatic carbocycles. The van der Waals surface area contributed by atoms with Gasteiger partial charge in [-0.25, -0.2) is 0 Å². The molecule has 1 aliphatic heterocycles. The molecular weight excluding hydrogens is 364 g/mol. The summed E-state index contributed by atoms with van der Waals surface area (Å²) in [5.74, 6) is -0.256. The van der Waals surface area contributed by atoms with Crippen LogP contribution in [-0.2, 0) is 11.3 Å². The van der Waals surface area contributed by atoms with Gasteiger partial charge in [-0.05, 0) is 42.3 Å². The molecule has 0 unspecified atom stereocenters. The fourth-order valence-electron chi connectivity index (χ4n) is 3.91. The third-order valence-electron chi connectivity index (χ3n) is 5.47. The molecule has 0 radical (unpaired) electrons. The van der Waals surface area contributed by atoms with E-state index in [1.54, 1.807) is 6.07 Å². The summed E-state index contributed by atoms with van der Waals surface area (Å²) in [6, 6.07) is 17.3. The maximum atomic E-state index is 13.0. The highest BCUT2D eigenvalue weighted by Gasteiger charge is 2.23. The van der Waals surface area contributed by atoms with Crippen molar-refractivity contribution in [1.29, 1.82) is 0 Å². The van der Waals surface area contributed by atoms with E-state index in [0.717, 1.165) is 40.7 Å². The van der Waals surface area contributed by atoms with Crippen LogP contribution in [0.1, 0.15) is 28.4 Å². The van der Waals surface area contributed by atoms with Crippen LogP contribution in [0.3, 0.4) is 0 Å². The number of benzene rings is 3. The molecular formula is C24H26N2O3. The molecule has 150 valence electrons. The predicted molar refractivity (Wildman–Crippen MR) is 115 cm³/mol. The topological polar surface area (TPSA) is 61.8 Å². The molecule has 0 bridgehead atoms. The monoisotopic (exact) mass is 390 g/mol. The fourth-order valence-corrected chi connectivity index (χ4v) is 3.91. The number of phenols is 1. The molecule has 1 aliphatic rings. The molecule has 1 heterocycles. The van der Waals surface area contributed by atoms with Gasteiger partial charge in [0.2, 0.25) is 0 Å². The van der Waals surface area contributed by atoms with Crippen LogP contribution in [0, 0.1) is 6.92 Å². The number of carbonyl (C=O) groups excluding carboxylic acids is 1. The Morgan fingerprint density at radius 1 is 1.21 bits per heavy atom. The molecule has 3 aromatic carbocycles. The van der Waals surface area contributed by atoms with Crippen molar-refractivity contribution in [2.75, 3.05) is 25.0 Å². The number of hydrogen-bond acceptors (Lipinski definition) is 4. The number of carbonyl (C=O) groups is 1. The normalized spacial score (nSPS) is 17.4. The summed E-state index contributed by atoms with van der Waals surface area (Å²) in [5, 5.41) is 15.9. The number of aryl methyl sites for hydroxylation is 1. The van der Waals surface area contributed by atoms with Crippen LogP contribution in [0.2, 0.25) is 0 Å². The zero-order valence-corrected chi connectivity index (χ0v) is 16.8. The lowest BCUT2D eigenvalue weighted by atomic mass is 9.98. The van der Waals surface area contributed by atoms with Crippen LogP contribution in [-0.4, -0.2) is 41.7 Å². The Bertz CT molecular complexity index is 1050. The van der Waals surface area contributed by atoms with Crippen molar-refractivity contribution in [3.8, 4) is 5.75 Å². The number of morpholine rings is 1. The first-order valence-electron chi connectivity index (χ1n) is 9.97. The van der Waals surface area contributed by atoms with Crippen LogP contribution in [0.15, 0.2) is 54.6 Å². The number of amides is 1. The van der Waals surface area contributed by atoms with E-state index >= 15 is 0 Å². The van der Waals surface area contributed by atoms with Crippen LogP contribution >= 0.6 is 0 Å². The Balaban J connectivity index is 1.72. The van der Waals surface area contributed by atoms with Crippen molar-refractivity contribution >= 4 is 22.4 Å². The lowest BCUT2D eigenvalue weighted by Gasteiger charge is -2.31. The van der Waals surface area contributed by atoms with E-state index in [1.807, 2.05) is 55.5 Å². The molecule has 3 aromatic rings. The van der Waals surface area contributed by atoms with Gasteiger partial charge in [-0.1, -0.05) is 42.5 Å². The molecule has 1 fully saturated rings. The van der Waals surface area contributed by atoms with Crippen molar-refractivity contribution in [2.24, 2.45) is 0 Å². The summed E-state index contributed by atoms with van der Waals surface area (Å²) >= 11 is 0. The lowest BCUT2D eigenvalue weighted by Crippen LogP contribution is -2.40. The Morgan fingerprint density at radius 2 is 1.97 bits per heavy atom. The smallest absolute Gasteiger partial charge is 0.259 e. The van der Waals surface area contributed by atoms with Gasteiger partial charge in [0.25, 0.3) is 5.91 Å². The minimum atomic E-state index is -0.306. The molecule has 0 aromatic heterocycles. The number of phenolic OH excluding ortho intramolecular Hbond substituents is 1. The van der Waals surface area contributed by atoms with Crippen molar-refractivity contribution in [3.63, 3.8) is 0 Å². The third kappa shape index (κ3) is 4.11. The number of nitrogens with one attached hydrogen (secondary N) is 1. The number of hydrogen-bond donors (Lipinski definition) is 2. The number of nitrogens with zero attached hydrogens (tertiary/aromatic N) is 1. The molecule has 0 saturated carbocycles. The Morgan fingerprint density at radius 3 is 2.76 bits per heavy atom. The molecule has 4 rings (SSSR count). The molecule has 29 heavy (non-hydrogen) atoms. The number of para-hydroxylation sites is 1. The minimum absolute atomic E-state index is 0.0499. The zero-order chi connectivity index (χ0) is 20.4. The van der Waals surface area contributed by atoms with E-state index in [1.165, 1.54) is 0 Å². The number of aromatic hydroxyl groups is 1. The number of ether oxygens (including phenoxy) is 1. The fraction of sp³-hybridized carbons (Fsp3) is 0.292. The van der Waals surface area contributed by atoms with Gasteiger partial charge in [0, 0.05) is 30.9 Å². The second kappa shape index (κ2) is 8.23. The summed E-state index contributed by atoms with van der Waals surface area (Å²) in [6.07, 6.45) is 0.157. The number of rotatable bonds is 4. The van der Waals surface area contributed by atoms with Crippen molar-refractivity contribution in [1.82, 2.24) is 4.90 Å². The SMILES string of the molecule is Cc1ccccc1NC(=O)c1cc2ccccc2c(CN2CCO[C@H](C)C2)c1O. The molecule has 1 amide bonds. The lowest BCUT2D eigenvalue weighted by molar-refractivity contribution is -0.0212. The maximum Gasteiger partial charge on any atom is 0.259 e. The Labute approximate surface area is 170 Å². The third-order valence-corrected chi connectivity index (χ3v) is 5.47. The van der Waals surface area contributed by atoms with E-state index in [0.29, 0.717) is 18.7 Å². The van der Waals surface area contributed by atoms with Crippen molar-refractivity contribution in [2.45, 2.75) is 26.5 Å². The highest BCUT2D eigenvalue weighted by atomic mass is 16.5. The zero-order valence-electron chi connectivity index (χ0n) is 16.8. The predicted octanol–water partition coefficient (Wildman–Crippen LogP) is 4.33. The van der Waals surface area contributed by atoms with Gasteiger partial charge in [-0.2, -0.15) is 0 Å². The summed E-state index contributed by atoms with van der Waals surface area (Å²) in [7, 11) is 0. The minimum Gasteiger partial charge on any atom is -0.507 e. The average Bonchev–Trinajstić information content (AvgIpc) is 2.71. The second-order valence-electron chi connectivity index (χ2n) is 7.66. The Hall–Kier alpha value is -2.89. The van der Waals surface area contributed by atoms with Crippen LogP contribution in [0.5, 0.6) is 5.75 Å². The van der Waals surface area contributed by atoms with Gasteiger partial charge in [0.1, 0.15) is 5.75 Å². The van der Waals surface area contributed by atoms with E-state index in [9.17, 15) is 9.90 Å². The number of fused-ring (bicyclic) bond motifs is 1. The van der Waals surface area contributed by atoms with E-state index in [4.69, 9.17) is 4.74 Å². The molecule has 2 N–H and O–H groups in total. The van der Waals surface area contributed by atoms with E-state index in [-0.39, 0.29) is 17.8 Å². The first kappa shape index (κ1) is 19.4. The highest BCUT2D eigenvalue weighted by molar-refractivity contribution is 6.09. The van der Waals surface area contributed by atoms with Crippen molar-refractivity contribution < 1.29 is 14.6 Å². The average molecular weight is 390 g/mol. The van der Waals surface area contributed by atoms with E-state index < -0.39 is 0 Å². The van der Waals surface area contributed by atoms with Gasteiger partial charge >= 0.3 is 0 Å². The summed E-state index contributed by atoms with van der Waals surface area (Å²) in [4.78, 5) is 15.3. The van der Waals surface area contributed by atoms with Crippen molar-refractivity contribution in [3.05, 3.63) is 71.3 Å². The van der Waals surface area contributed by atoms with Gasteiger partial charge < -0.3 is 15.2 Å². The molecule has 5 heteroatoms. The van der Waals surface area contributed by atoms with Crippen LogP contribution < -0.4 is 5.32 Å². The van der Waals surface area contributed by atoms with Crippen LogP contribution in [0.25, 0.3) is 10.8 Å². The quantitative estimate of drug-likeness (QED) is 0.696. The maximum absolute atomic E-state index is 13.0. The first-order chi connectivity index (χ1) is 14.0. The Kier molecular flexibility index (Phi) is 5.51. The summed E-state index contributed by atoms with van der Waals surface area (Å²) < 4.78 is 5.63. The number of anilines is 1. The van der Waals surface area contributed by atoms with Crippen LogP contribution in [0.4, 0.5) is 5.69 Å². The first-order valence-corrected chi connectivity index (χ1v) is 9.97. The second-order valence-corrected chi connectivity index (χ2v) is 7.66. The van der Waals surface area contributed by atoms with Gasteiger partial charge in [-0.15, -0.1) is 0 Å². The highest BCUT2D eigenvalue weighted by Crippen LogP contribution is 2.33.